The molecule has 0 fully saturated rings. The molecule has 1 unspecified atom stereocenters. The van der Waals surface area contributed by atoms with Crippen LogP contribution in [0.1, 0.15) is 17.7 Å². The number of rotatable bonds is 7. The number of ether oxygens (including phenoxy) is 1. The van der Waals surface area contributed by atoms with Crippen LogP contribution in [0.4, 0.5) is 0 Å². The molecule has 0 aliphatic heterocycles. The van der Waals surface area contributed by atoms with E-state index >= 15 is 0 Å². The Balaban J connectivity index is 1.92. The van der Waals surface area contributed by atoms with Gasteiger partial charge in [-0.15, -0.1) is 17.3 Å². The van der Waals surface area contributed by atoms with E-state index < -0.39 is 21.0 Å². The van der Waals surface area contributed by atoms with Crippen molar-refractivity contribution in [1.29, 1.82) is 0 Å². The third kappa shape index (κ3) is 4.71. The largest absolute Gasteiger partial charge is 0.481 e. The number of thiophene rings is 1. The maximum absolute atomic E-state index is 13.2. The minimum Gasteiger partial charge on any atom is -0.481 e. The van der Waals surface area contributed by atoms with Gasteiger partial charge in [0, 0.05) is 4.88 Å². The van der Waals surface area contributed by atoms with E-state index in [1.54, 1.807) is 42.5 Å². The van der Waals surface area contributed by atoms with E-state index in [0.29, 0.717) is 5.75 Å². The molecule has 3 rings (SSSR count). The Morgan fingerprint density at radius 2 is 1.83 bits per heavy atom. The number of carbonyl (C=O) groups is 1. The standard InChI is InChI=1S/C22H19NO5S2/c1-2-3-14-28-18-10-12-19(13-11-18)30(26,27)21(22(24)23-25)17-8-6-16(7-9-17)20-5-4-15-29-20/h4-13,15,21,25H,14H2,1H3,(H,23,24). The summed E-state index contributed by atoms with van der Waals surface area (Å²) in [6, 6.07) is 16.2. The van der Waals surface area contributed by atoms with Gasteiger partial charge in [0.1, 0.15) is 12.4 Å². The number of carbonyl (C=O) groups excluding carboxylic acids is 1. The van der Waals surface area contributed by atoms with Gasteiger partial charge in [-0.05, 0) is 53.8 Å². The van der Waals surface area contributed by atoms with Gasteiger partial charge in [-0.25, -0.2) is 13.9 Å². The zero-order valence-corrected chi connectivity index (χ0v) is 17.7. The van der Waals surface area contributed by atoms with E-state index in [1.165, 1.54) is 29.7 Å². The first kappa shape index (κ1) is 21.6. The van der Waals surface area contributed by atoms with Crippen molar-refractivity contribution in [2.75, 3.05) is 6.61 Å². The molecule has 6 nitrogen and oxygen atoms in total. The van der Waals surface area contributed by atoms with E-state index in [-0.39, 0.29) is 17.1 Å². The summed E-state index contributed by atoms with van der Waals surface area (Å²) in [5, 5.41) is 9.49. The second-order valence-electron chi connectivity index (χ2n) is 6.19. The van der Waals surface area contributed by atoms with Crippen LogP contribution >= 0.6 is 11.3 Å². The number of hydrogen-bond acceptors (Lipinski definition) is 6. The highest BCUT2D eigenvalue weighted by Gasteiger charge is 2.35. The highest BCUT2D eigenvalue weighted by molar-refractivity contribution is 7.92. The van der Waals surface area contributed by atoms with Crippen LogP contribution in [0.25, 0.3) is 10.4 Å². The van der Waals surface area contributed by atoms with Gasteiger partial charge in [-0.1, -0.05) is 36.3 Å². The molecule has 0 bridgehead atoms. The summed E-state index contributed by atoms with van der Waals surface area (Å²) in [5.41, 5.74) is 2.63. The molecule has 154 valence electrons. The minimum absolute atomic E-state index is 0.0626. The van der Waals surface area contributed by atoms with Gasteiger partial charge in [-0.2, -0.15) is 0 Å². The second kappa shape index (κ2) is 9.59. The van der Waals surface area contributed by atoms with Gasteiger partial charge in [0.2, 0.25) is 0 Å². The Bertz CT molecular complexity index is 1160. The topological polar surface area (TPSA) is 92.7 Å². The zero-order valence-electron chi connectivity index (χ0n) is 16.0. The fourth-order valence-corrected chi connectivity index (χ4v) is 5.22. The average Bonchev–Trinajstić information content (AvgIpc) is 3.29. The van der Waals surface area contributed by atoms with E-state index in [2.05, 4.69) is 11.8 Å². The number of amides is 1. The van der Waals surface area contributed by atoms with E-state index in [1.807, 2.05) is 17.5 Å². The molecule has 1 atom stereocenters. The van der Waals surface area contributed by atoms with Crippen LogP contribution in [0.5, 0.6) is 5.75 Å². The van der Waals surface area contributed by atoms with E-state index in [0.717, 1.165) is 10.4 Å². The van der Waals surface area contributed by atoms with Crippen molar-refractivity contribution in [3.8, 4) is 28.0 Å². The summed E-state index contributed by atoms with van der Waals surface area (Å²) in [6.45, 7) is 1.88. The van der Waals surface area contributed by atoms with Gasteiger partial charge in [0.05, 0.1) is 4.90 Å². The monoisotopic (exact) mass is 441 g/mol. The Kier molecular flexibility index (Phi) is 6.90. The Hall–Kier alpha value is -3.12. The molecule has 0 spiro atoms. The van der Waals surface area contributed by atoms with Gasteiger partial charge in [0.25, 0.3) is 5.91 Å². The molecule has 30 heavy (non-hydrogen) atoms. The normalized spacial score (nSPS) is 11.8. The molecule has 1 amide bonds. The van der Waals surface area contributed by atoms with Crippen LogP contribution in [-0.2, 0) is 14.6 Å². The van der Waals surface area contributed by atoms with Crippen molar-refractivity contribution in [2.24, 2.45) is 0 Å². The summed E-state index contributed by atoms with van der Waals surface area (Å²) in [4.78, 5) is 13.3. The van der Waals surface area contributed by atoms with Crippen LogP contribution in [-0.4, -0.2) is 26.1 Å². The molecule has 2 aromatic carbocycles. The van der Waals surface area contributed by atoms with Crippen LogP contribution in [0.15, 0.2) is 70.9 Å². The molecule has 0 saturated carbocycles. The maximum Gasteiger partial charge on any atom is 0.266 e. The van der Waals surface area contributed by atoms with Crippen molar-refractivity contribution in [2.45, 2.75) is 17.1 Å². The van der Waals surface area contributed by atoms with Gasteiger partial charge in [0.15, 0.2) is 15.1 Å². The Morgan fingerprint density at radius 3 is 2.40 bits per heavy atom. The van der Waals surface area contributed by atoms with Gasteiger partial charge < -0.3 is 4.74 Å². The molecule has 1 aromatic heterocycles. The third-order valence-electron chi connectivity index (χ3n) is 4.32. The fourth-order valence-electron chi connectivity index (χ4n) is 2.85. The Labute approximate surface area is 179 Å². The highest BCUT2D eigenvalue weighted by Crippen LogP contribution is 2.32. The first-order chi connectivity index (χ1) is 14.5. The lowest BCUT2D eigenvalue weighted by molar-refractivity contribution is -0.128. The first-order valence-corrected chi connectivity index (χ1v) is 11.3. The SMILES string of the molecule is CC#CCOc1ccc(S(=O)(=O)C(C(=O)NO)c2ccc(-c3cccs3)cc2)cc1. The molecule has 0 radical (unpaired) electrons. The van der Waals surface area contributed by atoms with Crippen molar-refractivity contribution in [1.82, 2.24) is 5.48 Å². The summed E-state index contributed by atoms with van der Waals surface area (Å²) in [7, 11) is -4.13. The van der Waals surface area contributed by atoms with Crippen molar-refractivity contribution < 1.29 is 23.2 Å². The van der Waals surface area contributed by atoms with Crippen molar-refractivity contribution in [3.05, 3.63) is 71.6 Å². The molecule has 8 heteroatoms. The smallest absolute Gasteiger partial charge is 0.266 e. The number of nitrogens with one attached hydrogen (secondary N) is 1. The first-order valence-electron chi connectivity index (χ1n) is 8.91. The molecular weight excluding hydrogens is 422 g/mol. The van der Waals surface area contributed by atoms with Crippen LogP contribution in [0.2, 0.25) is 0 Å². The second-order valence-corrected chi connectivity index (χ2v) is 9.17. The number of benzene rings is 2. The lowest BCUT2D eigenvalue weighted by Gasteiger charge is -2.17. The fraction of sp³-hybridized carbons (Fsp3) is 0.136. The average molecular weight is 442 g/mol. The lowest BCUT2D eigenvalue weighted by atomic mass is 10.1. The van der Waals surface area contributed by atoms with Crippen molar-refractivity contribution >= 4 is 27.1 Å². The molecular formula is C22H19NO5S2. The summed E-state index contributed by atoms with van der Waals surface area (Å²) in [6.07, 6.45) is 0. The summed E-state index contributed by atoms with van der Waals surface area (Å²) >= 11 is 1.55. The number of sulfone groups is 1. The Morgan fingerprint density at radius 1 is 1.13 bits per heavy atom. The number of hydroxylamine groups is 1. The molecule has 0 aliphatic rings. The van der Waals surface area contributed by atoms with Crippen LogP contribution < -0.4 is 10.2 Å². The molecule has 0 aliphatic carbocycles. The van der Waals surface area contributed by atoms with Crippen LogP contribution in [0, 0.1) is 11.8 Å². The van der Waals surface area contributed by atoms with E-state index in [4.69, 9.17) is 9.94 Å². The quantitative estimate of drug-likeness (QED) is 0.330. The number of hydrogen-bond donors (Lipinski definition) is 2. The highest BCUT2D eigenvalue weighted by atomic mass is 32.2. The zero-order chi connectivity index (χ0) is 21.6. The molecule has 3 aromatic rings. The van der Waals surface area contributed by atoms with Crippen LogP contribution in [0.3, 0.4) is 0 Å². The maximum atomic E-state index is 13.2. The van der Waals surface area contributed by atoms with Gasteiger partial charge in [-0.3, -0.25) is 10.0 Å². The lowest BCUT2D eigenvalue weighted by Crippen LogP contribution is -2.31. The van der Waals surface area contributed by atoms with E-state index in [9.17, 15) is 13.2 Å². The van der Waals surface area contributed by atoms with Crippen molar-refractivity contribution in [3.63, 3.8) is 0 Å². The summed E-state index contributed by atoms with van der Waals surface area (Å²) < 4.78 is 31.8. The minimum atomic E-state index is -4.13. The predicted molar refractivity (Wildman–Crippen MR) is 115 cm³/mol. The molecule has 1 heterocycles. The molecule has 2 N–H and O–H groups in total. The molecule has 0 saturated heterocycles. The van der Waals surface area contributed by atoms with Gasteiger partial charge >= 0.3 is 0 Å². The predicted octanol–water partition coefficient (Wildman–Crippen LogP) is 3.84. The third-order valence-corrected chi connectivity index (χ3v) is 7.27. The summed E-state index contributed by atoms with van der Waals surface area (Å²) in [5.74, 6) is 4.88.